The Morgan fingerprint density at radius 3 is 1.50 bits per heavy atom. The fourth-order valence-electron chi connectivity index (χ4n) is 0. The third-order valence-electron chi connectivity index (χ3n) is 0.630. The highest BCUT2D eigenvalue weighted by Crippen LogP contribution is 1.69. The first-order valence-corrected chi connectivity index (χ1v) is 2.11. The molecule has 0 aromatic rings. The van der Waals surface area contributed by atoms with E-state index in [1.165, 1.54) is 11.8 Å². The smallest absolute Gasteiger partial charge is 0.218 e. The molecule has 0 aliphatic heterocycles. The van der Waals surface area contributed by atoms with Crippen molar-refractivity contribution in [3.05, 3.63) is 0 Å². The molecule has 8 heavy (non-hydrogen) atoms. The summed E-state index contributed by atoms with van der Waals surface area (Å²) in [7, 11) is 3.45. The Bertz CT molecular complexity index is 70.8. The molecule has 0 heterocycles. The van der Waals surface area contributed by atoms with Crippen molar-refractivity contribution in [2.75, 3.05) is 14.1 Å². The van der Waals surface area contributed by atoms with Crippen molar-refractivity contribution < 1.29 is 9.59 Å². The largest absolute Gasteiger partial charge is 0.349 e. The molecule has 0 N–H and O–H groups in total. The molecule has 0 radical (unpaired) electrons. The highest BCUT2D eigenvalue weighted by atomic mass is 16.2. The third kappa shape index (κ3) is 8.94. The Kier molecular flexibility index (Phi) is 7.82. The first-order valence-electron chi connectivity index (χ1n) is 2.11. The first-order chi connectivity index (χ1) is 3.64. The van der Waals surface area contributed by atoms with Gasteiger partial charge < -0.3 is 9.69 Å². The van der Waals surface area contributed by atoms with Crippen LogP contribution in [0.3, 0.4) is 0 Å². The first kappa shape index (κ1) is 10.2. The lowest BCUT2D eigenvalue weighted by Crippen LogP contribution is -2.17. The van der Waals surface area contributed by atoms with Crippen LogP contribution in [-0.4, -0.2) is 31.7 Å². The Balaban J connectivity index is 0. The van der Waals surface area contributed by atoms with Crippen molar-refractivity contribution in [1.29, 1.82) is 0 Å². The van der Waals surface area contributed by atoms with Crippen LogP contribution in [0.15, 0.2) is 0 Å². The quantitative estimate of drug-likeness (QED) is 0.444. The lowest BCUT2D eigenvalue weighted by Gasteiger charge is -2.02. The van der Waals surface area contributed by atoms with Crippen LogP contribution in [0.1, 0.15) is 6.92 Å². The van der Waals surface area contributed by atoms with Gasteiger partial charge >= 0.3 is 0 Å². The number of amides is 1. The standard InChI is InChI=1S/C4H9NO.CH2O/c1-4(6)5(2)3;1-2/h1-3H3;1H2. The predicted octanol–water partition coefficient (Wildman–Crippen LogP) is -0.0904. The van der Waals surface area contributed by atoms with Gasteiger partial charge in [0.05, 0.1) is 0 Å². The van der Waals surface area contributed by atoms with Gasteiger partial charge in [-0.25, -0.2) is 0 Å². The molecule has 0 fully saturated rings. The van der Waals surface area contributed by atoms with Crippen LogP contribution in [0.25, 0.3) is 0 Å². The molecule has 1 amide bonds. The van der Waals surface area contributed by atoms with E-state index in [0.29, 0.717) is 0 Å². The average molecular weight is 117 g/mol. The van der Waals surface area contributed by atoms with Gasteiger partial charge in [-0.15, -0.1) is 0 Å². The number of nitrogens with zero attached hydrogens (tertiary/aromatic N) is 1. The van der Waals surface area contributed by atoms with Gasteiger partial charge in [-0.3, -0.25) is 4.79 Å². The zero-order chi connectivity index (χ0) is 7.15. The molecule has 0 bridgehead atoms. The summed E-state index contributed by atoms with van der Waals surface area (Å²) >= 11 is 0. The van der Waals surface area contributed by atoms with E-state index in [1.54, 1.807) is 14.1 Å². The number of rotatable bonds is 0. The van der Waals surface area contributed by atoms with Crippen LogP contribution in [0.5, 0.6) is 0 Å². The maximum Gasteiger partial charge on any atom is 0.218 e. The Morgan fingerprint density at radius 1 is 1.38 bits per heavy atom. The SMILES string of the molecule is C=O.CC(=O)N(C)C. The minimum atomic E-state index is 0.0926. The Hall–Kier alpha value is -0.860. The van der Waals surface area contributed by atoms with Crippen LogP contribution in [-0.2, 0) is 9.59 Å². The molecule has 0 spiro atoms. The van der Waals surface area contributed by atoms with Gasteiger partial charge in [0.1, 0.15) is 6.79 Å². The van der Waals surface area contributed by atoms with E-state index in [-0.39, 0.29) is 5.91 Å². The highest BCUT2D eigenvalue weighted by molar-refractivity contribution is 5.72. The minimum Gasteiger partial charge on any atom is -0.349 e. The topological polar surface area (TPSA) is 37.4 Å². The molecule has 0 aliphatic rings. The van der Waals surface area contributed by atoms with E-state index >= 15 is 0 Å². The highest BCUT2D eigenvalue weighted by Gasteiger charge is 1.87. The number of carbonyl (C=O) groups excluding carboxylic acids is 2. The van der Waals surface area contributed by atoms with Crippen molar-refractivity contribution in [3.8, 4) is 0 Å². The summed E-state index contributed by atoms with van der Waals surface area (Å²) in [5.74, 6) is 0.0926. The molecule has 48 valence electrons. The molecule has 0 unspecified atom stereocenters. The van der Waals surface area contributed by atoms with Gasteiger partial charge in [0.2, 0.25) is 5.91 Å². The van der Waals surface area contributed by atoms with Crippen LogP contribution in [0.2, 0.25) is 0 Å². The number of hydrogen-bond donors (Lipinski definition) is 0. The van der Waals surface area contributed by atoms with Crippen molar-refractivity contribution in [1.82, 2.24) is 4.90 Å². The fourth-order valence-corrected chi connectivity index (χ4v) is 0. The van der Waals surface area contributed by atoms with Crippen LogP contribution in [0, 0.1) is 0 Å². The second kappa shape index (κ2) is 6.14. The minimum absolute atomic E-state index is 0.0926. The Morgan fingerprint density at radius 2 is 1.50 bits per heavy atom. The van der Waals surface area contributed by atoms with E-state index in [4.69, 9.17) is 4.79 Å². The number of carbonyl (C=O) groups is 2. The molecular weight excluding hydrogens is 106 g/mol. The lowest BCUT2D eigenvalue weighted by molar-refractivity contribution is -0.126. The van der Waals surface area contributed by atoms with Crippen LogP contribution < -0.4 is 0 Å². The number of hydrogen-bond acceptors (Lipinski definition) is 2. The van der Waals surface area contributed by atoms with Crippen molar-refractivity contribution in [2.24, 2.45) is 0 Å². The van der Waals surface area contributed by atoms with E-state index in [0.717, 1.165) is 0 Å². The molecule has 0 atom stereocenters. The van der Waals surface area contributed by atoms with Gasteiger partial charge in [-0.1, -0.05) is 0 Å². The van der Waals surface area contributed by atoms with Gasteiger partial charge in [0, 0.05) is 21.0 Å². The summed E-state index contributed by atoms with van der Waals surface area (Å²) < 4.78 is 0. The summed E-state index contributed by atoms with van der Waals surface area (Å²) in [6.45, 7) is 3.53. The third-order valence-corrected chi connectivity index (χ3v) is 0.630. The summed E-state index contributed by atoms with van der Waals surface area (Å²) in [6, 6.07) is 0. The molecule has 0 aromatic heterocycles. The fraction of sp³-hybridized carbons (Fsp3) is 0.600. The predicted molar refractivity (Wildman–Crippen MR) is 31.5 cm³/mol. The van der Waals surface area contributed by atoms with Crippen molar-refractivity contribution in [3.63, 3.8) is 0 Å². The van der Waals surface area contributed by atoms with Gasteiger partial charge in [-0.05, 0) is 0 Å². The molecule has 0 saturated heterocycles. The lowest BCUT2D eigenvalue weighted by atomic mass is 10.7. The molecule has 0 aromatic carbocycles. The Labute approximate surface area is 49.3 Å². The molecule has 0 aliphatic carbocycles. The monoisotopic (exact) mass is 117 g/mol. The van der Waals surface area contributed by atoms with E-state index in [1.807, 2.05) is 6.79 Å². The molecule has 3 nitrogen and oxygen atoms in total. The second-order valence-corrected chi connectivity index (χ2v) is 1.41. The van der Waals surface area contributed by atoms with Crippen molar-refractivity contribution >= 4 is 12.7 Å². The van der Waals surface area contributed by atoms with Crippen molar-refractivity contribution in [2.45, 2.75) is 6.92 Å². The zero-order valence-corrected chi connectivity index (χ0v) is 5.47. The summed E-state index contributed by atoms with van der Waals surface area (Å²) in [4.78, 5) is 19.6. The normalized spacial score (nSPS) is 6.38. The summed E-state index contributed by atoms with van der Waals surface area (Å²) in [6.07, 6.45) is 0. The van der Waals surface area contributed by atoms with E-state index in [2.05, 4.69) is 0 Å². The molecule has 0 rings (SSSR count). The van der Waals surface area contributed by atoms with Gasteiger partial charge in [0.15, 0.2) is 0 Å². The van der Waals surface area contributed by atoms with E-state index in [9.17, 15) is 4.79 Å². The average Bonchev–Trinajstić information content (AvgIpc) is 1.72. The maximum atomic E-state index is 10.1. The summed E-state index contributed by atoms with van der Waals surface area (Å²) in [5, 5.41) is 0. The molecule has 3 heteroatoms. The van der Waals surface area contributed by atoms with Crippen LogP contribution in [0.4, 0.5) is 0 Å². The van der Waals surface area contributed by atoms with E-state index < -0.39 is 0 Å². The van der Waals surface area contributed by atoms with Crippen LogP contribution >= 0.6 is 0 Å². The second-order valence-electron chi connectivity index (χ2n) is 1.41. The summed E-state index contributed by atoms with van der Waals surface area (Å²) in [5.41, 5.74) is 0. The molecular formula is C5H11NO2. The van der Waals surface area contributed by atoms with Gasteiger partial charge in [-0.2, -0.15) is 0 Å². The molecule has 0 saturated carbocycles. The zero-order valence-electron chi connectivity index (χ0n) is 5.47. The van der Waals surface area contributed by atoms with Gasteiger partial charge in [0.25, 0.3) is 0 Å². The maximum absolute atomic E-state index is 10.1.